The first-order valence-electron chi connectivity index (χ1n) is 6.60. The van der Waals surface area contributed by atoms with Crippen molar-refractivity contribution in [3.63, 3.8) is 0 Å². The molecule has 3 unspecified atom stereocenters. The van der Waals surface area contributed by atoms with Gasteiger partial charge in [0.05, 0.1) is 12.2 Å². The zero-order chi connectivity index (χ0) is 12.0. The molecule has 3 nitrogen and oxygen atoms in total. The van der Waals surface area contributed by atoms with Crippen LogP contribution in [0.15, 0.2) is 0 Å². The van der Waals surface area contributed by atoms with Gasteiger partial charge in [-0.3, -0.25) is 0 Å². The topological polar surface area (TPSA) is 30.5 Å². The van der Waals surface area contributed by atoms with Gasteiger partial charge in [-0.2, -0.15) is 0 Å². The second-order valence-electron chi connectivity index (χ2n) is 5.05. The fourth-order valence-corrected chi connectivity index (χ4v) is 2.15. The van der Waals surface area contributed by atoms with E-state index in [1.807, 2.05) is 6.92 Å². The molecular formula is C13H27NO2. The van der Waals surface area contributed by atoms with Crippen LogP contribution in [0.4, 0.5) is 0 Å². The molecule has 1 heterocycles. The Morgan fingerprint density at radius 1 is 1.38 bits per heavy atom. The van der Waals surface area contributed by atoms with Gasteiger partial charge >= 0.3 is 0 Å². The molecule has 1 fully saturated rings. The summed E-state index contributed by atoms with van der Waals surface area (Å²) in [4.78, 5) is 0. The zero-order valence-corrected chi connectivity index (χ0v) is 11.2. The predicted molar refractivity (Wildman–Crippen MR) is 66.7 cm³/mol. The van der Waals surface area contributed by atoms with Crippen molar-refractivity contribution in [1.29, 1.82) is 0 Å². The largest absolute Gasteiger partial charge is 0.378 e. The Hall–Kier alpha value is -0.120. The maximum Gasteiger partial charge on any atom is 0.0671 e. The molecule has 16 heavy (non-hydrogen) atoms. The summed E-state index contributed by atoms with van der Waals surface area (Å²) in [6.45, 7) is 11.3. The summed E-state index contributed by atoms with van der Waals surface area (Å²) in [5.74, 6) is 0.619. The van der Waals surface area contributed by atoms with Gasteiger partial charge in [-0.1, -0.05) is 13.8 Å². The Labute approximate surface area is 99.9 Å². The van der Waals surface area contributed by atoms with E-state index in [4.69, 9.17) is 9.47 Å². The highest BCUT2D eigenvalue weighted by Crippen LogP contribution is 2.20. The van der Waals surface area contributed by atoms with Gasteiger partial charge in [0.1, 0.15) is 0 Å². The maximum atomic E-state index is 5.75. The molecule has 0 spiro atoms. The molecule has 1 rings (SSSR count). The molecule has 0 aliphatic carbocycles. The third-order valence-corrected chi connectivity index (χ3v) is 3.20. The number of hydrogen-bond donors (Lipinski definition) is 1. The molecule has 3 heteroatoms. The smallest absolute Gasteiger partial charge is 0.0671 e. The lowest BCUT2D eigenvalue weighted by Gasteiger charge is -2.33. The highest BCUT2D eigenvalue weighted by molar-refractivity contribution is 4.79. The summed E-state index contributed by atoms with van der Waals surface area (Å²) in [7, 11) is 0. The molecule has 0 bridgehead atoms. The van der Waals surface area contributed by atoms with Gasteiger partial charge in [-0.15, -0.1) is 0 Å². The Balaban J connectivity index is 2.21. The van der Waals surface area contributed by atoms with Gasteiger partial charge in [0.15, 0.2) is 0 Å². The first kappa shape index (κ1) is 13.9. The maximum absolute atomic E-state index is 5.75. The van der Waals surface area contributed by atoms with Crippen LogP contribution in [0.2, 0.25) is 0 Å². The zero-order valence-electron chi connectivity index (χ0n) is 11.2. The summed E-state index contributed by atoms with van der Waals surface area (Å²) < 4.78 is 11.3. The van der Waals surface area contributed by atoms with Crippen molar-refractivity contribution in [2.45, 2.75) is 58.8 Å². The van der Waals surface area contributed by atoms with Crippen molar-refractivity contribution in [1.82, 2.24) is 5.32 Å². The first-order chi connectivity index (χ1) is 7.63. The number of nitrogens with one attached hydrogen (secondary N) is 1. The van der Waals surface area contributed by atoms with Crippen LogP contribution in [0.5, 0.6) is 0 Å². The monoisotopic (exact) mass is 229 g/mol. The molecule has 3 atom stereocenters. The van der Waals surface area contributed by atoms with E-state index in [2.05, 4.69) is 26.1 Å². The molecule has 1 aliphatic rings. The second-order valence-corrected chi connectivity index (χ2v) is 5.05. The lowest BCUT2D eigenvalue weighted by atomic mass is 9.95. The van der Waals surface area contributed by atoms with Crippen LogP contribution >= 0.6 is 0 Å². The summed E-state index contributed by atoms with van der Waals surface area (Å²) in [5, 5.41) is 3.59. The lowest BCUT2D eigenvalue weighted by molar-refractivity contribution is -0.0268. The van der Waals surface area contributed by atoms with Gasteiger partial charge in [0.2, 0.25) is 0 Å². The van der Waals surface area contributed by atoms with E-state index >= 15 is 0 Å². The number of hydrogen-bond acceptors (Lipinski definition) is 3. The summed E-state index contributed by atoms with van der Waals surface area (Å²) in [5.41, 5.74) is 0. The third-order valence-electron chi connectivity index (χ3n) is 3.20. The Kier molecular flexibility index (Phi) is 6.32. The van der Waals surface area contributed by atoms with Crippen LogP contribution in [-0.4, -0.2) is 38.0 Å². The van der Waals surface area contributed by atoms with Crippen molar-refractivity contribution in [2.75, 3.05) is 19.8 Å². The van der Waals surface area contributed by atoms with Crippen LogP contribution in [0.3, 0.4) is 0 Å². The van der Waals surface area contributed by atoms with Crippen LogP contribution in [0, 0.1) is 5.92 Å². The second kappa shape index (κ2) is 7.25. The minimum atomic E-state index is 0.311. The van der Waals surface area contributed by atoms with Crippen LogP contribution in [0.25, 0.3) is 0 Å². The van der Waals surface area contributed by atoms with Gasteiger partial charge in [-0.05, 0) is 32.6 Å². The van der Waals surface area contributed by atoms with E-state index < -0.39 is 0 Å². The third kappa shape index (κ3) is 4.81. The highest BCUT2D eigenvalue weighted by Gasteiger charge is 2.24. The standard InChI is InChI=1S/C13H27NO2/c1-5-15-11(4)9-14-12-6-7-16-13(8-12)10(2)3/h10-14H,5-9H2,1-4H3. The summed E-state index contributed by atoms with van der Waals surface area (Å²) >= 11 is 0. The molecular weight excluding hydrogens is 202 g/mol. The Bertz CT molecular complexity index is 185. The van der Waals surface area contributed by atoms with E-state index in [9.17, 15) is 0 Å². The van der Waals surface area contributed by atoms with E-state index in [1.54, 1.807) is 0 Å². The molecule has 1 aliphatic heterocycles. The molecule has 1 N–H and O–H groups in total. The average molecular weight is 229 g/mol. The molecule has 0 amide bonds. The Morgan fingerprint density at radius 3 is 2.75 bits per heavy atom. The van der Waals surface area contributed by atoms with Crippen molar-refractivity contribution >= 4 is 0 Å². The summed E-state index contributed by atoms with van der Waals surface area (Å²) in [6, 6.07) is 0.601. The van der Waals surface area contributed by atoms with Crippen molar-refractivity contribution in [3.05, 3.63) is 0 Å². The molecule has 0 radical (unpaired) electrons. The molecule has 1 saturated heterocycles. The van der Waals surface area contributed by atoms with Gasteiger partial charge < -0.3 is 14.8 Å². The molecule has 0 aromatic rings. The van der Waals surface area contributed by atoms with E-state index in [-0.39, 0.29) is 0 Å². The van der Waals surface area contributed by atoms with Crippen molar-refractivity contribution in [3.8, 4) is 0 Å². The number of ether oxygens (including phenoxy) is 2. The summed E-state index contributed by atoms with van der Waals surface area (Å²) in [6.07, 6.45) is 3.00. The molecule has 96 valence electrons. The quantitative estimate of drug-likeness (QED) is 0.757. The average Bonchev–Trinajstić information content (AvgIpc) is 2.27. The molecule has 0 aromatic heterocycles. The SMILES string of the molecule is CCOC(C)CNC1CCOC(C(C)C)C1. The van der Waals surface area contributed by atoms with Gasteiger partial charge in [0.25, 0.3) is 0 Å². The van der Waals surface area contributed by atoms with E-state index in [0.717, 1.165) is 32.6 Å². The van der Waals surface area contributed by atoms with Gasteiger partial charge in [0, 0.05) is 25.8 Å². The van der Waals surface area contributed by atoms with Crippen LogP contribution in [-0.2, 0) is 9.47 Å². The van der Waals surface area contributed by atoms with Crippen molar-refractivity contribution in [2.24, 2.45) is 5.92 Å². The Morgan fingerprint density at radius 2 is 2.12 bits per heavy atom. The minimum absolute atomic E-state index is 0.311. The fraction of sp³-hybridized carbons (Fsp3) is 1.00. The van der Waals surface area contributed by atoms with E-state index in [1.165, 1.54) is 0 Å². The van der Waals surface area contributed by atoms with Gasteiger partial charge in [-0.25, -0.2) is 0 Å². The van der Waals surface area contributed by atoms with Crippen LogP contribution in [0.1, 0.15) is 40.5 Å². The molecule has 0 aromatic carbocycles. The van der Waals surface area contributed by atoms with Crippen LogP contribution < -0.4 is 5.32 Å². The van der Waals surface area contributed by atoms with Crippen molar-refractivity contribution < 1.29 is 9.47 Å². The predicted octanol–water partition coefficient (Wildman–Crippen LogP) is 2.20. The first-order valence-corrected chi connectivity index (χ1v) is 6.60. The minimum Gasteiger partial charge on any atom is -0.378 e. The highest BCUT2D eigenvalue weighted by atomic mass is 16.5. The molecule has 0 saturated carbocycles. The number of rotatable bonds is 6. The normalized spacial score (nSPS) is 28.3. The lowest BCUT2D eigenvalue weighted by Crippen LogP contribution is -2.43. The fourth-order valence-electron chi connectivity index (χ4n) is 2.15. The van der Waals surface area contributed by atoms with E-state index in [0.29, 0.717) is 24.2 Å².